The number of carbonyl (C=O) groups excluding carboxylic acids is 1. The quantitative estimate of drug-likeness (QED) is 0.630. The topological polar surface area (TPSA) is 92.5 Å². The van der Waals surface area contributed by atoms with E-state index in [1.807, 2.05) is 4.90 Å². The average Bonchev–Trinajstić information content (AvgIpc) is 3.15. The van der Waals surface area contributed by atoms with E-state index in [0.29, 0.717) is 38.0 Å². The molecule has 21 heavy (non-hydrogen) atoms. The van der Waals surface area contributed by atoms with Crippen LogP contribution in [0.2, 0.25) is 0 Å². The maximum Gasteiger partial charge on any atom is 0.315 e. The van der Waals surface area contributed by atoms with Gasteiger partial charge >= 0.3 is 6.01 Å². The first-order valence-corrected chi connectivity index (χ1v) is 7.33. The maximum atomic E-state index is 11.8. The molecule has 0 aliphatic carbocycles. The summed E-state index contributed by atoms with van der Waals surface area (Å²) in [6.07, 6.45) is 2.67. The normalized spacial score (nSPS) is 14.6. The van der Waals surface area contributed by atoms with Crippen molar-refractivity contribution in [2.75, 3.05) is 45.2 Å². The zero-order valence-corrected chi connectivity index (χ0v) is 12.4. The molecule has 8 nitrogen and oxygen atoms in total. The largest absolute Gasteiger partial charge is 0.407 e. The third-order valence-electron chi connectivity index (χ3n) is 3.30. The van der Waals surface area contributed by atoms with Crippen molar-refractivity contribution < 1.29 is 13.9 Å². The fourth-order valence-corrected chi connectivity index (χ4v) is 2.17. The number of likely N-dealkylation sites (tertiary alicyclic amines) is 1. The Morgan fingerprint density at radius 1 is 1.33 bits per heavy atom. The summed E-state index contributed by atoms with van der Waals surface area (Å²) in [6, 6.07) is 0.354. The van der Waals surface area contributed by atoms with Gasteiger partial charge in [0.05, 0.1) is 13.2 Å². The van der Waals surface area contributed by atoms with E-state index in [9.17, 15) is 4.79 Å². The SMILES string of the molecule is COCCNCc1nnc(NCCC(=O)N2CCCC2)o1. The number of hydrogen-bond donors (Lipinski definition) is 2. The lowest BCUT2D eigenvalue weighted by atomic mass is 10.3. The summed E-state index contributed by atoms with van der Waals surface area (Å²) < 4.78 is 10.3. The summed E-state index contributed by atoms with van der Waals surface area (Å²) >= 11 is 0. The van der Waals surface area contributed by atoms with Gasteiger partial charge in [-0.1, -0.05) is 5.10 Å². The Hall–Kier alpha value is -1.67. The minimum absolute atomic E-state index is 0.181. The highest BCUT2D eigenvalue weighted by Crippen LogP contribution is 2.09. The van der Waals surface area contributed by atoms with E-state index in [0.717, 1.165) is 32.5 Å². The number of amides is 1. The Labute approximate surface area is 124 Å². The number of carbonyl (C=O) groups is 1. The van der Waals surface area contributed by atoms with Crippen LogP contribution in [0.15, 0.2) is 4.42 Å². The molecular formula is C13H23N5O3. The van der Waals surface area contributed by atoms with E-state index in [1.165, 1.54) is 0 Å². The number of nitrogens with one attached hydrogen (secondary N) is 2. The van der Waals surface area contributed by atoms with Gasteiger partial charge in [0.15, 0.2) is 0 Å². The molecule has 1 saturated heterocycles. The second-order valence-electron chi connectivity index (χ2n) is 4.94. The van der Waals surface area contributed by atoms with Crippen molar-refractivity contribution in [2.24, 2.45) is 0 Å². The van der Waals surface area contributed by atoms with Crippen molar-refractivity contribution in [3.05, 3.63) is 5.89 Å². The van der Waals surface area contributed by atoms with E-state index in [-0.39, 0.29) is 5.91 Å². The van der Waals surface area contributed by atoms with Crippen molar-refractivity contribution in [3.63, 3.8) is 0 Å². The van der Waals surface area contributed by atoms with E-state index >= 15 is 0 Å². The molecule has 1 aliphatic rings. The van der Waals surface area contributed by atoms with Crippen LogP contribution in [0.4, 0.5) is 6.01 Å². The minimum atomic E-state index is 0.181. The smallest absolute Gasteiger partial charge is 0.315 e. The molecule has 1 aromatic rings. The zero-order valence-electron chi connectivity index (χ0n) is 12.4. The molecule has 1 amide bonds. The third kappa shape index (κ3) is 5.31. The van der Waals surface area contributed by atoms with Gasteiger partial charge in [-0.15, -0.1) is 5.10 Å². The van der Waals surface area contributed by atoms with E-state index in [2.05, 4.69) is 20.8 Å². The van der Waals surface area contributed by atoms with Crippen LogP contribution < -0.4 is 10.6 Å². The first-order chi connectivity index (χ1) is 10.3. The molecular weight excluding hydrogens is 274 g/mol. The number of aromatic nitrogens is 2. The van der Waals surface area contributed by atoms with Crippen LogP contribution >= 0.6 is 0 Å². The highest BCUT2D eigenvalue weighted by molar-refractivity contribution is 5.76. The van der Waals surface area contributed by atoms with Crippen LogP contribution in [0.1, 0.15) is 25.2 Å². The average molecular weight is 297 g/mol. The number of anilines is 1. The van der Waals surface area contributed by atoms with E-state index in [4.69, 9.17) is 9.15 Å². The number of rotatable bonds is 9. The molecule has 0 saturated carbocycles. The van der Waals surface area contributed by atoms with Crippen molar-refractivity contribution in [1.82, 2.24) is 20.4 Å². The van der Waals surface area contributed by atoms with Gasteiger partial charge in [0.1, 0.15) is 0 Å². The number of ether oxygens (including phenoxy) is 1. The molecule has 1 aromatic heterocycles. The van der Waals surface area contributed by atoms with Gasteiger partial charge in [-0.25, -0.2) is 0 Å². The molecule has 0 atom stereocenters. The Morgan fingerprint density at radius 2 is 2.14 bits per heavy atom. The van der Waals surface area contributed by atoms with Gasteiger partial charge in [0.2, 0.25) is 11.8 Å². The third-order valence-corrected chi connectivity index (χ3v) is 3.30. The van der Waals surface area contributed by atoms with Crippen LogP contribution in [0.25, 0.3) is 0 Å². The molecule has 8 heteroatoms. The monoisotopic (exact) mass is 297 g/mol. The van der Waals surface area contributed by atoms with Gasteiger partial charge in [-0.2, -0.15) is 0 Å². The fraction of sp³-hybridized carbons (Fsp3) is 0.769. The Balaban J connectivity index is 1.62. The summed E-state index contributed by atoms with van der Waals surface area (Å²) in [5.41, 5.74) is 0. The second-order valence-corrected chi connectivity index (χ2v) is 4.94. The first kappa shape index (κ1) is 15.7. The molecule has 2 N–H and O–H groups in total. The Kier molecular flexibility index (Phi) is 6.42. The Bertz CT molecular complexity index is 431. The van der Waals surface area contributed by atoms with E-state index in [1.54, 1.807) is 7.11 Å². The van der Waals surface area contributed by atoms with Gasteiger partial charge in [0.25, 0.3) is 0 Å². The van der Waals surface area contributed by atoms with E-state index < -0.39 is 0 Å². The van der Waals surface area contributed by atoms with Crippen molar-refractivity contribution >= 4 is 11.9 Å². The Morgan fingerprint density at radius 3 is 2.90 bits per heavy atom. The molecule has 0 unspecified atom stereocenters. The predicted octanol–water partition coefficient (Wildman–Crippen LogP) is 0.230. The molecule has 2 rings (SSSR count). The standard InChI is InChI=1S/C13H23N5O3/c1-20-9-6-14-10-11-16-17-13(21-11)15-5-4-12(19)18-7-2-3-8-18/h14H,2-10H2,1H3,(H,15,17). The summed E-state index contributed by atoms with van der Waals surface area (Å²) in [7, 11) is 1.65. The lowest BCUT2D eigenvalue weighted by Gasteiger charge is -2.14. The van der Waals surface area contributed by atoms with Crippen LogP contribution in [-0.2, 0) is 16.1 Å². The van der Waals surface area contributed by atoms with Gasteiger partial charge in [-0.05, 0) is 12.8 Å². The minimum Gasteiger partial charge on any atom is -0.407 e. The molecule has 0 bridgehead atoms. The molecule has 118 valence electrons. The first-order valence-electron chi connectivity index (χ1n) is 7.33. The van der Waals surface area contributed by atoms with Crippen molar-refractivity contribution in [3.8, 4) is 0 Å². The molecule has 0 radical (unpaired) electrons. The maximum absolute atomic E-state index is 11.8. The highest BCUT2D eigenvalue weighted by atomic mass is 16.5. The van der Waals surface area contributed by atoms with Gasteiger partial charge in [0, 0.05) is 39.7 Å². The van der Waals surface area contributed by atoms with Gasteiger partial charge < -0.3 is 24.7 Å². The summed E-state index contributed by atoms with van der Waals surface area (Å²) in [4.78, 5) is 13.7. The van der Waals surface area contributed by atoms with Crippen molar-refractivity contribution in [1.29, 1.82) is 0 Å². The summed E-state index contributed by atoms with van der Waals surface area (Å²) in [5.74, 6) is 0.695. The number of hydrogen-bond acceptors (Lipinski definition) is 7. The van der Waals surface area contributed by atoms with Gasteiger partial charge in [-0.3, -0.25) is 4.79 Å². The lowest BCUT2D eigenvalue weighted by molar-refractivity contribution is -0.129. The highest BCUT2D eigenvalue weighted by Gasteiger charge is 2.17. The predicted molar refractivity (Wildman–Crippen MR) is 76.8 cm³/mol. The molecule has 0 spiro atoms. The van der Waals surface area contributed by atoms with Crippen LogP contribution in [0.3, 0.4) is 0 Å². The number of methoxy groups -OCH3 is 1. The molecule has 2 heterocycles. The fourth-order valence-electron chi connectivity index (χ4n) is 2.17. The second kappa shape index (κ2) is 8.58. The lowest BCUT2D eigenvalue weighted by Crippen LogP contribution is -2.29. The molecule has 0 aromatic carbocycles. The summed E-state index contributed by atoms with van der Waals surface area (Å²) in [6.45, 7) is 4.15. The number of nitrogens with zero attached hydrogens (tertiary/aromatic N) is 3. The van der Waals surface area contributed by atoms with Crippen molar-refractivity contribution in [2.45, 2.75) is 25.8 Å². The van der Waals surface area contributed by atoms with Crippen LogP contribution in [0, 0.1) is 0 Å². The summed E-state index contributed by atoms with van der Waals surface area (Å²) in [5, 5.41) is 13.9. The molecule has 1 aliphatic heterocycles. The zero-order chi connectivity index (χ0) is 14.9. The van der Waals surface area contributed by atoms with Crippen LogP contribution in [-0.4, -0.2) is 60.9 Å². The van der Waals surface area contributed by atoms with Crippen LogP contribution in [0.5, 0.6) is 0 Å². The molecule has 1 fully saturated rings.